The zero-order chi connectivity index (χ0) is 26.1. The Kier molecular flexibility index (Phi) is 6.73. The SMILES string of the molecule is CN1CCN(c2cccc(C(=O)Nc3cc4cc(-c5cnn6c5CN(CCF)CC6)ncc4cn3)c2)CC1. The summed E-state index contributed by atoms with van der Waals surface area (Å²) in [6.07, 6.45) is 5.34. The van der Waals surface area contributed by atoms with E-state index >= 15 is 0 Å². The highest BCUT2D eigenvalue weighted by atomic mass is 19.1. The van der Waals surface area contributed by atoms with Crippen LogP contribution in [0.2, 0.25) is 0 Å². The number of rotatable bonds is 6. The van der Waals surface area contributed by atoms with Gasteiger partial charge in [-0.05, 0) is 42.8 Å². The van der Waals surface area contributed by atoms with E-state index in [0.29, 0.717) is 24.5 Å². The molecule has 196 valence electrons. The molecule has 38 heavy (non-hydrogen) atoms. The number of amides is 1. The van der Waals surface area contributed by atoms with Gasteiger partial charge in [-0.3, -0.25) is 19.4 Å². The number of likely N-dealkylation sites (N-methyl/N-ethyl adjacent to an activating group) is 1. The van der Waals surface area contributed by atoms with E-state index in [9.17, 15) is 9.18 Å². The average Bonchev–Trinajstić information content (AvgIpc) is 3.37. The van der Waals surface area contributed by atoms with Crippen LogP contribution in [0.1, 0.15) is 16.1 Å². The minimum Gasteiger partial charge on any atom is -0.369 e. The number of hydrogen-bond acceptors (Lipinski definition) is 7. The number of piperazine rings is 1. The largest absolute Gasteiger partial charge is 0.369 e. The van der Waals surface area contributed by atoms with Crippen molar-refractivity contribution >= 4 is 28.2 Å². The highest BCUT2D eigenvalue weighted by molar-refractivity contribution is 6.05. The number of aromatic nitrogens is 4. The second-order valence-electron chi connectivity index (χ2n) is 9.97. The number of carbonyl (C=O) groups excluding carboxylic acids is 1. The molecule has 1 fully saturated rings. The third-order valence-electron chi connectivity index (χ3n) is 7.45. The number of nitrogens with one attached hydrogen (secondary N) is 1. The molecule has 10 heteroatoms. The molecule has 2 aliphatic heterocycles. The molecule has 3 aromatic heterocycles. The van der Waals surface area contributed by atoms with Gasteiger partial charge in [-0.15, -0.1) is 0 Å². The number of fused-ring (bicyclic) bond motifs is 2. The van der Waals surface area contributed by atoms with Crippen LogP contribution in [0.25, 0.3) is 22.0 Å². The van der Waals surface area contributed by atoms with Crippen molar-refractivity contribution in [2.24, 2.45) is 0 Å². The van der Waals surface area contributed by atoms with Crippen LogP contribution in [0, 0.1) is 0 Å². The zero-order valence-electron chi connectivity index (χ0n) is 21.5. The van der Waals surface area contributed by atoms with Crippen LogP contribution in [-0.2, 0) is 13.1 Å². The maximum Gasteiger partial charge on any atom is 0.256 e. The fourth-order valence-corrected chi connectivity index (χ4v) is 5.17. The monoisotopic (exact) mass is 514 g/mol. The number of hydrogen-bond donors (Lipinski definition) is 1. The van der Waals surface area contributed by atoms with Crippen LogP contribution >= 0.6 is 0 Å². The Hall–Kier alpha value is -3.89. The molecular weight excluding hydrogens is 483 g/mol. The number of anilines is 2. The highest BCUT2D eigenvalue weighted by Crippen LogP contribution is 2.28. The molecule has 0 spiro atoms. The lowest BCUT2D eigenvalue weighted by Crippen LogP contribution is -2.44. The lowest BCUT2D eigenvalue weighted by atomic mass is 10.1. The number of halogens is 1. The molecule has 6 rings (SSSR count). The molecule has 0 unspecified atom stereocenters. The molecule has 1 saturated heterocycles. The normalized spacial score (nSPS) is 16.5. The van der Waals surface area contributed by atoms with Gasteiger partial charge in [0.2, 0.25) is 0 Å². The minimum atomic E-state index is -0.362. The molecule has 0 saturated carbocycles. The van der Waals surface area contributed by atoms with Crippen molar-refractivity contribution in [2.45, 2.75) is 13.1 Å². The van der Waals surface area contributed by atoms with Crippen LogP contribution in [0.5, 0.6) is 0 Å². The first-order chi connectivity index (χ1) is 18.6. The van der Waals surface area contributed by atoms with Crippen molar-refractivity contribution in [2.75, 3.05) is 63.2 Å². The quantitative estimate of drug-likeness (QED) is 0.423. The summed E-state index contributed by atoms with van der Waals surface area (Å²) in [4.78, 5) is 28.9. The fourth-order valence-electron chi connectivity index (χ4n) is 5.17. The molecule has 9 nitrogen and oxygen atoms in total. The lowest BCUT2D eigenvalue weighted by Gasteiger charge is -2.34. The van der Waals surface area contributed by atoms with E-state index in [-0.39, 0.29) is 12.6 Å². The molecule has 0 atom stereocenters. The van der Waals surface area contributed by atoms with Crippen molar-refractivity contribution in [1.29, 1.82) is 0 Å². The number of carbonyl (C=O) groups is 1. The number of pyridine rings is 2. The lowest BCUT2D eigenvalue weighted by molar-refractivity contribution is 0.102. The first-order valence-corrected chi connectivity index (χ1v) is 13.0. The summed E-state index contributed by atoms with van der Waals surface area (Å²) in [6, 6.07) is 11.6. The summed E-state index contributed by atoms with van der Waals surface area (Å²) in [5, 5.41) is 9.28. The molecular formula is C28H31FN8O. The van der Waals surface area contributed by atoms with Gasteiger partial charge in [0.15, 0.2) is 0 Å². The highest BCUT2D eigenvalue weighted by Gasteiger charge is 2.22. The minimum absolute atomic E-state index is 0.194. The van der Waals surface area contributed by atoms with Gasteiger partial charge in [0, 0.05) is 80.4 Å². The summed E-state index contributed by atoms with van der Waals surface area (Å²) >= 11 is 0. The van der Waals surface area contributed by atoms with E-state index in [1.165, 1.54) is 0 Å². The van der Waals surface area contributed by atoms with Gasteiger partial charge in [0.25, 0.3) is 5.91 Å². The van der Waals surface area contributed by atoms with Crippen LogP contribution in [0.3, 0.4) is 0 Å². The van der Waals surface area contributed by atoms with Crippen LogP contribution in [0.15, 0.2) is 55.0 Å². The molecule has 4 aromatic rings. The standard InChI is InChI=1S/C28H31FN8O/c1-34-7-10-36(11-8-34)23-4-2-3-20(13-23)28(38)33-27-15-21-14-25(30-16-22(21)17-31-27)24-18-32-37-12-9-35(6-5-29)19-26(24)37/h2-4,13-18H,5-12,19H2,1H3,(H,31,33,38). The fraction of sp³-hybridized carbons (Fsp3) is 0.357. The molecule has 0 aliphatic carbocycles. The van der Waals surface area contributed by atoms with Crippen molar-refractivity contribution in [1.82, 2.24) is 29.5 Å². The molecule has 1 amide bonds. The maximum atomic E-state index is 13.1. The summed E-state index contributed by atoms with van der Waals surface area (Å²) in [5.74, 6) is 0.288. The molecule has 0 bridgehead atoms. The van der Waals surface area contributed by atoms with Crippen molar-refractivity contribution in [3.05, 3.63) is 66.2 Å². The molecule has 1 aromatic carbocycles. The van der Waals surface area contributed by atoms with Gasteiger partial charge in [-0.25, -0.2) is 9.37 Å². The summed E-state index contributed by atoms with van der Waals surface area (Å²) in [6.45, 7) is 6.12. The third kappa shape index (κ3) is 4.97. The van der Waals surface area contributed by atoms with E-state index in [1.54, 1.807) is 12.4 Å². The summed E-state index contributed by atoms with van der Waals surface area (Å²) in [5.41, 5.74) is 4.44. The van der Waals surface area contributed by atoms with Crippen molar-refractivity contribution in [3.8, 4) is 11.3 Å². The van der Waals surface area contributed by atoms with Gasteiger partial charge in [0.1, 0.15) is 12.5 Å². The van der Waals surface area contributed by atoms with E-state index in [0.717, 1.165) is 72.7 Å². The van der Waals surface area contributed by atoms with E-state index < -0.39 is 0 Å². The van der Waals surface area contributed by atoms with Gasteiger partial charge >= 0.3 is 0 Å². The van der Waals surface area contributed by atoms with Crippen LogP contribution < -0.4 is 10.2 Å². The topological polar surface area (TPSA) is 82.4 Å². The second kappa shape index (κ2) is 10.5. The van der Waals surface area contributed by atoms with Crippen LogP contribution in [0.4, 0.5) is 15.9 Å². The Morgan fingerprint density at radius 3 is 2.66 bits per heavy atom. The first kappa shape index (κ1) is 24.4. The molecule has 2 aliphatic rings. The number of nitrogens with zero attached hydrogens (tertiary/aromatic N) is 7. The smallest absolute Gasteiger partial charge is 0.256 e. The van der Waals surface area contributed by atoms with E-state index in [1.807, 2.05) is 41.2 Å². The molecule has 0 radical (unpaired) electrons. The Morgan fingerprint density at radius 1 is 0.974 bits per heavy atom. The third-order valence-corrected chi connectivity index (χ3v) is 7.45. The number of alkyl halides is 1. The Morgan fingerprint density at radius 2 is 1.82 bits per heavy atom. The Labute approximate surface area is 220 Å². The number of benzene rings is 1. The Balaban J connectivity index is 1.22. The first-order valence-electron chi connectivity index (χ1n) is 13.0. The maximum absolute atomic E-state index is 13.1. The van der Waals surface area contributed by atoms with Gasteiger partial charge < -0.3 is 15.1 Å². The van der Waals surface area contributed by atoms with E-state index in [4.69, 9.17) is 0 Å². The Bertz CT molecular complexity index is 1460. The molecule has 5 heterocycles. The predicted molar refractivity (Wildman–Crippen MR) is 146 cm³/mol. The van der Waals surface area contributed by atoms with Crippen LogP contribution in [-0.4, -0.2) is 88.4 Å². The summed E-state index contributed by atoms with van der Waals surface area (Å²) in [7, 11) is 2.13. The summed E-state index contributed by atoms with van der Waals surface area (Å²) < 4.78 is 14.9. The van der Waals surface area contributed by atoms with Crippen molar-refractivity contribution in [3.63, 3.8) is 0 Å². The van der Waals surface area contributed by atoms with Gasteiger partial charge in [0.05, 0.1) is 24.1 Å². The van der Waals surface area contributed by atoms with E-state index in [2.05, 4.69) is 48.2 Å². The van der Waals surface area contributed by atoms with Crippen molar-refractivity contribution < 1.29 is 9.18 Å². The second-order valence-corrected chi connectivity index (χ2v) is 9.97. The zero-order valence-corrected chi connectivity index (χ0v) is 21.5. The average molecular weight is 515 g/mol. The van der Waals surface area contributed by atoms with Gasteiger partial charge in [-0.1, -0.05) is 6.07 Å². The predicted octanol–water partition coefficient (Wildman–Crippen LogP) is 3.28. The van der Waals surface area contributed by atoms with Gasteiger partial charge in [-0.2, -0.15) is 5.10 Å². The molecule has 1 N–H and O–H groups in total.